The summed E-state index contributed by atoms with van der Waals surface area (Å²) in [7, 11) is 0. The second kappa shape index (κ2) is 14.3. The quantitative estimate of drug-likeness (QED) is 0.150. The molecule has 13 heteroatoms. The second-order valence-corrected chi connectivity index (χ2v) is 8.85. The summed E-state index contributed by atoms with van der Waals surface area (Å²) in [5, 5.41) is 45.1. The average Bonchev–Trinajstić information content (AvgIpc) is 3.39. The molecule has 0 spiro atoms. The minimum atomic E-state index is -1.26. The molecule has 3 heterocycles. The first kappa shape index (κ1) is 29.7. The number of fused-ring (bicyclic) bond motifs is 1. The SMILES string of the molecule is CC(C)c1cnn2c(NCc3ccc(-c4ccccn4)cc3)nc(NC[C@H](O)CO)nc12.O=C(O)C=CC(=O)O. The third-order valence-corrected chi connectivity index (χ3v) is 5.46. The molecule has 210 valence electrons. The summed E-state index contributed by atoms with van der Waals surface area (Å²) in [6.45, 7) is 4.52. The summed E-state index contributed by atoms with van der Waals surface area (Å²) in [6, 6.07) is 14.0. The molecule has 13 nitrogen and oxygen atoms in total. The van der Waals surface area contributed by atoms with E-state index in [4.69, 9.17) is 15.3 Å². The molecule has 3 aromatic heterocycles. The molecule has 4 rings (SSSR count). The number of aliphatic hydroxyl groups excluding tert-OH is 2. The van der Waals surface area contributed by atoms with E-state index in [-0.39, 0.29) is 19.1 Å². The summed E-state index contributed by atoms with van der Waals surface area (Å²) in [5.74, 6) is -1.37. The zero-order chi connectivity index (χ0) is 29.1. The molecule has 1 aromatic carbocycles. The number of carboxylic acid groups (broad SMARTS) is 2. The van der Waals surface area contributed by atoms with Gasteiger partial charge in [0.15, 0.2) is 5.65 Å². The van der Waals surface area contributed by atoms with Crippen LogP contribution in [0.15, 0.2) is 67.0 Å². The fraction of sp³-hybridized carbons (Fsp3) is 0.259. The largest absolute Gasteiger partial charge is 0.478 e. The van der Waals surface area contributed by atoms with Crippen LogP contribution in [0.1, 0.15) is 30.9 Å². The van der Waals surface area contributed by atoms with Crippen LogP contribution in [0.4, 0.5) is 11.9 Å². The normalized spacial score (nSPS) is 11.7. The van der Waals surface area contributed by atoms with E-state index in [1.807, 2.05) is 30.3 Å². The van der Waals surface area contributed by atoms with Crippen molar-refractivity contribution in [2.24, 2.45) is 0 Å². The van der Waals surface area contributed by atoms with Gasteiger partial charge in [-0.15, -0.1) is 0 Å². The zero-order valence-electron chi connectivity index (χ0n) is 22.0. The highest BCUT2D eigenvalue weighted by molar-refractivity contribution is 5.89. The average molecular weight is 550 g/mol. The first-order valence-corrected chi connectivity index (χ1v) is 12.3. The summed E-state index contributed by atoms with van der Waals surface area (Å²) in [4.78, 5) is 32.6. The molecule has 0 saturated heterocycles. The number of pyridine rings is 1. The Kier molecular flexibility index (Phi) is 10.6. The number of aromatic nitrogens is 5. The van der Waals surface area contributed by atoms with Gasteiger partial charge in [-0.3, -0.25) is 4.98 Å². The van der Waals surface area contributed by atoms with Gasteiger partial charge < -0.3 is 31.1 Å². The van der Waals surface area contributed by atoms with E-state index in [1.165, 1.54) is 0 Å². The Morgan fingerprint density at radius 3 is 2.27 bits per heavy atom. The van der Waals surface area contributed by atoms with Crippen molar-refractivity contribution < 1.29 is 30.0 Å². The van der Waals surface area contributed by atoms with Crippen LogP contribution in [0, 0.1) is 0 Å². The molecule has 4 aromatic rings. The minimum absolute atomic E-state index is 0.145. The van der Waals surface area contributed by atoms with Crippen LogP contribution in [0.5, 0.6) is 0 Å². The zero-order valence-corrected chi connectivity index (χ0v) is 22.0. The third-order valence-electron chi connectivity index (χ3n) is 5.46. The number of anilines is 2. The fourth-order valence-electron chi connectivity index (χ4n) is 3.42. The highest BCUT2D eigenvalue weighted by atomic mass is 16.4. The van der Waals surface area contributed by atoms with E-state index in [1.54, 1.807) is 16.9 Å². The van der Waals surface area contributed by atoms with Gasteiger partial charge in [-0.1, -0.05) is 44.2 Å². The topological polar surface area (TPSA) is 195 Å². The maximum Gasteiger partial charge on any atom is 0.328 e. The van der Waals surface area contributed by atoms with Crippen molar-refractivity contribution in [3.05, 3.63) is 78.1 Å². The second-order valence-electron chi connectivity index (χ2n) is 8.85. The first-order valence-electron chi connectivity index (χ1n) is 12.3. The lowest BCUT2D eigenvalue weighted by Crippen LogP contribution is -2.24. The van der Waals surface area contributed by atoms with E-state index in [0.717, 1.165) is 22.4 Å². The molecular formula is C27H31N7O6. The van der Waals surface area contributed by atoms with Crippen LogP contribution in [0.2, 0.25) is 0 Å². The number of carboxylic acids is 2. The van der Waals surface area contributed by atoms with Crippen molar-refractivity contribution >= 4 is 29.5 Å². The number of nitrogens with zero attached hydrogens (tertiary/aromatic N) is 5. The summed E-state index contributed by atoms with van der Waals surface area (Å²) < 4.78 is 1.69. The summed E-state index contributed by atoms with van der Waals surface area (Å²) in [5.41, 5.74) is 4.77. The molecule has 0 amide bonds. The highest BCUT2D eigenvalue weighted by Crippen LogP contribution is 2.23. The third kappa shape index (κ3) is 8.58. The van der Waals surface area contributed by atoms with Crippen molar-refractivity contribution in [3.63, 3.8) is 0 Å². The lowest BCUT2D eigenvalue weighted by atomic mass is 10.1. The van der Waals surface area contributed by atoms with Crippen molar-refractivity contribution in [1.29, 1.82) is 0 Å². The van der Waals surface area contributed by atoms with Crippen LogP contribution in [0.3, 0.4) is 0 Å². The van der Waals surface area contributed by atoms with Gasteiger partial charge in [0.1, 0.15) is 0 Å². The number of rotatable bonds is 11. The molecule has 0 saturated carbocycles. The number of nitrogens with one attached hydrogen (secondary N) is 2. The Bertz CT molecular complexity index is 1420. The van der Waals surface area contributed by atoms with Crippen LogP contribution < -0.4 is 10.6 Å². The molecule has 0 aliphatic heterocycles. The first-order chi connectivity index (χ1) is 19.2. The predicted molar refractivity (Wildman–Crippen MR) is 148 cm³/mol. The highest BCUT2D eigenvalue weighted by Gasteiger charge is 2.15. The number of hydrogen-bond donors (Lipinski definition) is 6. The van der Waals surface area contributed by atoms with Crippen molar-refractivity contribution in [1.82, 2.24) is 24.6 Å². The summed E-state index contributed by atoms with van der Waals surface area (Å²) >= 11 is 0. The van der Waals surface area contributed by atoms with Gasteiger partial charge in [-0.05, 0) is 23.6 Å². The smallest absolute Gasteiger partial charge is 0.328 e. The number of aliphatic hydroxyl groups is 2. The van der Waals surface area contributed by atoms with E-state index < -0.39 is 18.0 Å². The molecule has 1 atom stereocenters. The molecule has 0 fully saturated rings. The van der Waals surface area contributed by atoms with Crippen molar-refractivity contribution in [3.8, 4) is 11.3 Å². The molecule has 0 unspecified atom stereocenters. The maximum atomic E-state index is 9.66. The van der Waals surface area contributed by atoms with Crippen molar-refractivity contribution in [2.45, 2.75) is 32.4 Å². The molecule has 0 aliphatic rings. The lowest BCUT2D eigenvalue weighted by Gasteiger charge is -2.13. The van der Waals surface area contributed by atoms with E-state index in [0.29, 0.717) is 36.2 Å². The molecule has 0 aliphatic carbocycles. The Labute approximate surface area is 229 Å². The Morgan fingerprint density at radius 1 is 1.00 bits per heavy atom. The van der Waals surface area contributed by atoms with Crippen LogP contribution >= 0.6 is 0 Å². The lowest BCUT2D eigenvalue weighted by molar-refractivity contribution is -0.134. The molecule has 40 heavy (non-hydrogen) atoms. The fourth-order valence-corrected chi connectivity index (χ4v) is 3.42. The monoisotopic (exact) mass is 549 g/mol. The van der Waals surface area contributed by atoms with E-state index in [2.05, 4.69) is 56.7 Å². The van der Waals surface area contributed by atoms with Crippen molar-refractivity contribution in [2.75, 3.05) is 23.8 Å². The van der Waals surface area contributed by atoms with Gasteiger partial charge in [0.2, 0.25) is 11.9 Å². The number of carbonyl (C=O) groups is 2. The van der Waals surface area contributed by atoms with Gasteiger partial charge in [0.05, 0.1) is 24.6 Å². The Hall–Kier alpha value is -4.88. The Morgan fingerprint density at radius 2 is 1.70 bits per heavy atom. The van der Waals surface area contributed by atoms with Gasteiger partial charge in [-0.2, -0.15) is 19.6 Å². The minimum Gasteiger partial charge on any atom is -0.478 e. The van der Waals surface area contributed by atoms with Crippen LogP contribution in [-0.4, -0.2) is 76.2 Å². The van der Waals surface area contributed by atoms with Gasteiger partial charge in [0, 0.05) is 42.6 Å². The van der Waals surface area contributed by atoms with Gasteiger partial charge in [-0.25, -0.2) is 9.59 Å². The number of hydrogen-bond acceptors (Lipinski definition) is 10. The standard InChI is InChI=1S/C23H27N7O2.C4H4O4/c1-15(2)19-13-27-30-21(19)28-22(25-12-18(32)14-31)29-23(30)26-11-16-6-8-17(9-7-16)20-5-3-4-10-24-20;5-3(6)1-2-4(7)8/h3-10,13,15,18,31-32H,11-12,14H2,1-2H3,(H2,25,26,28,29);1-2H,(H,5,6)(H,7,8)/t18-;/m0./s1. The summed E-state index contributed by atoms with van der Waals surface area (Å²) in [6.07, 6.45) is 3.81. The van der Waals surface area contributed by atoms with Gasteiger partial charge in [0.25, 0.3) is 0 Å². The molecular weight excluding hydrogens is 518 g/mol. The van der Waals surface area contributed by atoms with E-state index >= 15 is 0 Å². The van der Waals surface area contributed by atoms with E-state index in [9.17, 15) is 14.7 Å². The van der Waals surface area contributed by atoms with Crippen LogP contribution in [0.25, 0.3) is 16.9 Å². The molecule has 0 radical (unpaired) electrons. The number of benzene rings is 1. The molecule has 0 bridgehead atoms. The predicted octanol–water partition coefficient (Wildman–Crippen LogP) is 2.40. The van der Waals surface area contributed by atoms with Crippen LogP contribution in [-0.2, 0) is 16.1 Å². The number of aliphatic carboxylic acids is 2. The van der Waals surface area contributed by atoms with Gasteiger partial charge >= 0.3 is 11.9 Å². The Balaban J connectivity index is 0.000000482. The molecule has 6 N–H and O–H groups in total. The maximum absolute atomic E-state index is 9.66.